The van der Waals surface area contributed by atoms with E-state index >= 15 is 0 Å². The van der Waals surface area contributed by atoms with Crippen LogP contribution in [0.3, 0.4) is 0 Å². The molecule has 1 aliphatic heterocycles. The van der Waals surface area contributed by atoms with Crippen molar-refractivity contribution in [1.29, 1.82) is 0 Å². The highest BCUT2D eigenvalue weighted by molar-refractivity contribution is 7.93. The molecule has 2 saturated carbocycles. The average Bonchev–Trinajstić information content (AvgIpc) is 2.47. The Morgan fingerprint density at radius 2 is 1.05 bits per heavy atom. The molecule has 128 valence electrons. The normalized spacial score (nSPS) is 27.6. The van der Waals surface area contributed by atoms with Gasteiger partial charge in [-0.3, -0.25) is 0 Å². The average molecular weight is 350 g/mol. The highest BCUT2D eigenvalue weighted by Gasteiger charge is 2.47. The Kier molecular flexibility index (Phi) is 4.86. The molecule has 1 saturated heterocycles. The third-order valence-corrected chi connectivity index (χ3v) is 10.6. The lowest BCUT2D eigenvalue weighted by Gasteiger charge is -2.42. The summed E-state index contributed by atoms with van der Waals surface area (Å²) in [6, 6.07) is 0. The number of hydrogen-bond acceptors (Lipinski definition) is 4. The van der Waals surface area contributed by atoms with Gasteiger partial charge in [-0.1, -0.05) is 38.5 Å². The van der Waals surface area contributed by atoms with Crippen LogP contribution in [0.2, 0.25) is 0 Å². The third kappa shape index (κ3) is 3.08. The summed E-state index contributed by atoms with van der Waals surface area (Å²) in [4.78, 5) is 0. The predicted octanol–water partition coefficient (Wildman–Crippen LogP) is 2.08. The van der Waals surface area contributed by atoms with Gasteiger partial charge in [-0.2, -0.15) is 4.31 Å². The zero-order valence-electron chi connectivity index (χ0n) is 13.1. The lowest BCUT2D eigenvalue weighted by atomic mass is 10.0. The van der Waals surface area contributed by atoms with Crippen LogP contribution in [0.4, 0.5) is 0 Å². The summed E-state index contributed by atoms with van der Waals surface area (Å²) in [5.74, 6) is 0. The minimum atomic E-state index is -3.28. The van der Waals surface area contributed by atoms with Gasteiger partial charge >= 0.3 is 0 Å². The van der Waals surface area contributed by atoms with Crippen molar-refractivity contribution in [1.82, 2.24) is 4.31 Å². The molecule has 0 amide bonds. The SMILES string of the molecule is O=S(=O)(C1CCCCC1)C1CN(S(=O)(=O)C2CCCCC2)C1. The van der Waals surface area contributed by atoms with E-state index in [2.05, 4.69) is 0 Å². The first-order chi connectivity index (χ1) is 10.4. The molecule has 0 bridgehead atoms. The lowest BCUT2D eigenvalue weighted by molar-refractivity contribution is 0.297. The second-order valence-electron chi connectivity index (χ2n) is 7.09. The molecule has 0 unspecified atom stereocenters. The number of rotatable bonds is 4. The van der Waals surface area contributed by atoms with E-state index in [-0.39, 0.29) is 23.6 Å². The van der Waals surface area contributed by atoms with Gasteiger partial charge in [0, 0.05) is 13.1 Å². The van der Waals surface area contributed by atoms with Gasteiger partial charge in [-0.15, -0.1) is 0 Å². The van der Waals surface area contributed by atoms with Crippen molar-refractivity contribution in [2.45, 2.75) is 80.0 Å². The minimum Gasteiger partial charge on any atom is -0.228 e. The molecule has 3 rings (SSSR count). The Balaban J connectivity index is 1.61. The predicted molar refractivity (Wildman–Crippen MR) is 86.9 cm³/mol. The van der Waals surface area contributed by atoms with Crippen molar-refractivity contribution < 1.29 is 16.8 Å². The van der Waals surface area contributed by atoms with Crippen LogP contribution < -0.4 is 0 Å². The molecule has 7 heteroatoms. The van der Waals surface area contributed by atoms with Gasteiger partial charge in [0.05, 0.1) is 15.7 Å². The molecule has 0 spiro atoms. The Morgan fingerprint density at radius 1 is 0.591 bits per heavy atom. The maximum atomic E-state index is 12.6. The third-order valence-electron chi connectivity index (χ3n) is 5.63. The molecule has 3 fully saturated rings. The molecule has 5 nitrogen and oxygen atoms in total. The van der Waals surface area contributed by atoms with E-state index in [9.17, 15) is 16.8 Å². The van der Waals surface area contributed by atoms with Crippen LogP contribution in [0.15, 0.2) is 0 Å². The first-order valence-corrected chi connectivity index (χ1v) is 11.8. The maximum absolute atomic E-state index is 12.6. The molecule has 3 aliphatic rings. The van der Waals surface area contributed by atoms with Crippen molar-refractivity contribution in [3.05, 3.63) is 0 Å². The van der Waals surface area contributed by atoms with Crippen LogP contribution in [0.25, 0.3) is 0 Å². The number of sulfonamides is 1. The fourth-order valence-corrected chi connectivity index (χ4v) is 8.68. The summed E-state index contributed by atoms with van der Waals surface area (Å²) < 4.78 is 51.7. The van der Waals surface area contributed by atoms with Gasteiger partial charge in [0.15, 0.2) is 9.84 Å². The molecule has 22 heavy (non-hydrogen) atoms. The van der Waals surface area contributed by atoms with Gasteiger partial charge in [-0.05, 0) is 25.7 Å². The van der Waals surface area contributed by atoms with Gasteiger partial charge in [0.1, 0.15) is 0 Å². The quantitative estimate of drug-likeness (QED) is 0.779. The van der Waals surface area contributed by atoms with Gasteiger partial charge < -0.3 is 0 Å². The van der Waals surface area contributed by atoms with Crippen LogP contribution in [0.5, 0.6) is 0 Å². The number of sulfone groups is 1. The van der Waals surface area contributed by atoms with E-state index < -0.39 is 25.1 Å². The minimum absolute atomic E-state index is 0.192. The van der Waals surface area contributed by atoms with E-state index in [1.54, 1.807) is 0 Å². The van der Waals surface area contributed by atoms with Gasteiger partial charge in [0.2, 0.25) is 10.0 Å². The molecular weight excluding hydrogens is 322 g/mol. The van der Waals surface area contributed by atoms with E-state index in [0.29, 0.717) is 0 Å². The topological polar surface area (TPSA) is 71.5 Å². The number of nitrogens with zero attached hydrogens (tertiary/aromatic N) is 1. The summed E-state index contributed by atoms with van der Waals surface area (Å²) >= 11 is 0. The standard InChI is InChI=1S/C15H27NO4S2/c17-21(18,13-7-3-1-4-8-13)15-11-16(12-15)22(19,20)14-9-5-2-6-10-14/h13-15H,1-12H2. The smallest absolute Gasteiger partial charge is 0.217 e. The van der Waals surface area contributed by atoms with Crippen molar-refractivity contribution in [3.63, 3.8) is 0 Å². The summed E-state index contributed by atoms with van der Waals surface area (Å²) in [5.41, 5.74) is 0. The first kappa shape index (κ1) is 16.7. The van der Waals surface area contributed by atoms with Gasteiger partial charge in [-0.25, -0.2) is 16.8 Å². The molecule has 0 aromatic heterocycles. The second-order valence-corrected chi connectivity index (χ2v) is 11.8. The molecule has 0 aromatic carbocycles. The fraction of sp³-hybridized carbons (Fsp3) is 1.00. The molecule has 1 heterocycles. The summed E-state index contributed by atoms with van der Waals surface area (Å²) in [6.07, 6.45) is 9.15. The largest absolute Gasteiger partial charge is 0.228 e. The van der Waals surface area contributed by atoms with Gasteiger partial charge in [0.25, 0.3) is 0 Å². The van der Waals surface area contributed by atoms with E-state index in [1.807, 2.05) is 0 Å². The maximum Gasteiger partial charge on any atom is 0.217 e. The van der Waals surface area contributed by atoms with E-state index in [0.717, 1.165) is 64.2 Å². The first-order valence-electron chi connectivity index (χ1n) is 8.64. The van der Waals surface area contributed by atoms with Crippen molar-refractivity contribution in [2.24, 2.45) is 0 Å². The molecule has 0 radical (unpaired) electrons. The highest BCUT2D eigenvalue weighted by Crippen LogP contribution is 2.33. The zero-order valence-corrected chi connectivity index (χ0v) is 14.7. The van der Waals surface area contributed by atoms with Crippen molar-refractivity contribution in [2.75, 3.05) is 13.1 Å². The Morgan fingerprint density at radius 3 is 1.55 bits per heavy atom. The summed E-state index contributed by atoms with van der Waals surface area (Å²) in [5, 5.41) is -0.973. The van der Waals surface area contributed by atoms with Crippen LogP contribution >= 0.6 is 0 Å². The second kappa shape index (κ2) is 6.40. The van der Waals surface area contributed by atoms with E-state index in [4.69, 9.17) is 0 Å². The fourth-order valence-electron chi connectivity index (χ4n) is 4.06. The zero-order chi connectivity index (χ0) is 15.8. The Labute approximate surface area is 134 Å². The molecule has 0 N–H and O–H groups in total. The van der Waals surface area contributed by atoms with Crippen molar-refractivity contribution in [3.8, 4) is 0 Å². The monoisotopic (exact) mass is 349 g/mol. The van der Waals surface area contributed by atoms with Crippen LogP contribution in [-0.4, -0.2) is 50.0 Å². The van der Waals surface area contributed by atoms with Crippen molar-refractivity contribution >= 4 is 19.9 Å². The highest BCUT2D eigenvalue weighted by atomic mass is 32.2. The molecule has 0 aromatic rings. The van der Waals surface area contributed by atoms with Crippen LogP contribution in [0, 0.1) is 0 Å². The molecule has 2 aliphatic carbocycles. The molecule has 0 atom stereocenters. The van der Waals surface area contributed by atoms with E-state index in [1.165, 1.54) is 4.31 Å². The lowest BCUT2D eigenvalue weighted by Crippen LogP contribution is -2.60. The molecular formula is C15H27NO4S2. The summed E-state index contributed by atoms with van der Waals surface area (Å²) in [7, 11) is -6.44. The Hall–Kier alpha value is -0.140. The number of hydrogen-bond donors (Lipinski definition) is 0. The Bertz CT molecular complexity index is 529. The summed E-state index contributed by atoms with van der Waals surface area (Å²) in [6.45, 7) is 0.384. The van der Waals surface area contributed by atoms with Crippen LogP contribution in [-0.2, 0) is 19.9 Å². The van der Waals surface area contributed by atoms with Crippen LogP contribution in [0.1, 0.15) is 64.2 Å².